The van der Waals surface area contributed by atoms with Crippen LogP contribution in [0, 0.1) is 0 Å². The Morgan fingerprint density at radius 3 is 2.29 bits per heavy atom. The zero-order chi connectivity index (χ0) is 8.65. The zero-order valence-corrected chi connectivity index (χ0v) is 11.4. The molecule has 0 N–H and O–H groups in total. The molecule has 0 radical (unpaired) electrons. The van der Waals surface area contributed by atoms with E-state index in [1.165, 1.54) is 0 Å². The van der Waals surface area contributed by atoms with Crippen molar-refractivity contribution in [1.82, 2.24) is 0 Å². The van der Waals surface area contributed by atoms with Crippen molar-refractivity contribution in [2.24, 2.45) is 0 Å². The number of rotatable bonds is 5. The van der Waals surface area contributed by atoms with Gasteiger partial charge in [-0.25, -0.2) is 0 Å². The molecule has 0 aliphatic heterocycles. The Labute approximate surface area is 112 Å². The van der Waals surface area contributed by atoms with Crippen molar-refractivity contribution in [1.29, 1.82) is 0 Å². The molecule has 2 nitrogen and oxygen atoms in total. The van der Waals surface area contributed by atoms with Gasteiger partial charge in [0.2, 0.25) is 0 Å². The smallest absolute Gasteiger partial charge is 1.00 e. The van der Waals surface area contributed by atoms with Gasteiger partial charge >= 0.3 is 23.1 Å². The minimum absolute atomic E-state index is 0. The monoisotopic (exact) mass is 269 g/mol. The van der Waals surface area contributed by atoms with Crippen LogP contribution in [0.4, 0.5) is 0 Å². The van der Waals surface area contributed by atoms with Crippen LogP contribution in [0.1, 0.15) is 6.92 Å². The van der Waals surface area contributed by atoms with Crippen LogP contribution < -0.4 is 21.7 Å². The van der Waals surface area contributed by atoms with Gasteiger partial charge in [-0.2, -0.15) is 0 Å². The van der Waals surface area contributed by atoms with Crippen LogP contribution in [0.3, 0.4) is 0 Å². The van der Waals surface area contributed by atoms with Gasteiger partial charge in [0, 0.05) is 6.61 Å². The fourth-order valence-electron chi connectivity index (χ4n) is 0.880. The maximum atomic E-state index is 5.38. The number of hydrogen-bond acceptors (Lipinski definition) is 2. The summed E-state index contributed by atoms with van der Waals surface area (Å²) in [5, 5.41) is 0. The van der Waals surface area contributed by atoms with Gasteiger partial charge < -0.3 is 26.5 Å². The van der Waals surface area contributed by atoms with Crippen LogP contribution in [0.5, 0.6) is 5.75 Å². The van der Waals surface area contributed by atoms with E-state index < -0.39 is 0 Å². The SMILES string of the molecule is CCOCCOc1ccccc1.[Br-].[Mg+2]. The summed E-state index contributed by atoms with van der Waals surface area (Å²) in [5.74, 6) is 0.900. The average Bonchev–Trinajstić information content (AvgIpc) is 2.14. The first kappa shape index (κ1) is 16.6. The Kier molecular flexibility index (Phi) is 13.4. The van der Waals surface area contributed by atoms with Gasteiger partial charge in [-0.05, 0) is 19.1 Å². The van der Waals surface area contributed by atoms with Gasteiger partial charge in [-0.15, -0.1) is 0 Å². The van der Waals surface area contributed by atoms with Crippen molar-refractivity contribution < 1.29 is 26.5 Å². The Hall–Kier alpha value is 0.226. The third-order valence-electron chi connectivity index (χ3n) is 1.44. The molecule has 0 aliphatic rings. The van der Waals surface area contributed by atoms with Gasteiger partial charge in [0.1, 0.15) is 12.4 Å². The molecule has 1 aromatic carbocycles. The van der Waals surface area contributed by atoms with E-state index in [-0.39, 0.29) is 40.0 Å². The minimum atomic E-state index is 0. The third kappa shape index (κ3) is 7.61. The predicted molar refractivity (Wildman–Crippen MR) is 54.2 cm³/mol. The molecule has 14 heavy (non-hydrogen) atoms. The number of para-hydroxylation sites is 1. The molecule has 0 bridgehead atoms. The fraction of sp³-hybridized carbons (Fsp3) is 0.400. The Morgan fingerprint density at radius 1 is 1.07 bits per heavy atom. The average molecular weight is 270 g/mol. The van der Waals surface area contributed by atoms with E-state index >= 15 is 0 Å². The second kappa shape index (κ2) is 11.3. The molecule has 0 saturated carbocycles. The molecule has 0 saturated heterocycles. The van der Waals surface area contributed by atoms with Crippen LogP contribution in [0.2, 0.25) is 0 Å². The quantitative estimate of drug-likeness (QED) is 0.490. The second-order valence-corrected chi connectivity index (χ2v) is 2.36. The van der Waals surface area contributed by atoms with E-state index in [9.17, 15) is 0 Å². The van der Waals surface area contributed by atoms with Crippen molar-refractivity contribution in [2.45, 2.75) is 6.92 Å². The van der Waals surface area contributed by atoms with E-state index in [1.54, 1.807) is 0 Å². The summed E-state index contributed by atoms with van der Waals surface area (Å²) in [6.07, 6.45) is 0. The largest absolute Gasteiger partial charge is 2.00 e. The van der Waals surface area contributed by atoms with Crippen LogP contribution in [-0.4, -0.2) is 42.9 Å². The summed E-state index contributed by atoms with van der Waals surface area (Å²) in [6, 6.07) is 9.75. The number of halogens is 1. The second-order valence-electron chi connectivity index (χ2n) is 2.36. The number of ether oxygens (including phenoxy) is 2. The van der Waals surface area contributed by atoms with E-state index in [2.05, 4.69) is 0 Å². The third-order valence-corrected chi connectivity index (χ3v) is 1.44. The summed E-state index contributed by atoms with van der Waals surface area (Å²) in [5.41, 5.74) is 0. The van der Waals surface area contributed by atoms with Crippen LogP contribution in [-0.2, 0) is 4.74 Å². The Balaban J connectivity index is 0. The van der Waals surface area contributed by atoms with Gasteiger partial charge in [-0.1, -0.05) is 18.2 Å². The maximum absolute atomic E-state index is 5.38. The molecular weight excluding hydrogens is 256 g/mol. The summed E-state index contributed by atoms with van der Waals surface area (Å²) >= 11 is 0. The van der Waals surface area contributed by atoms with Crippen molar-refractivity contribution >= 4 is 23.1 Å². The Morgan fingerprint density at radius 2 is 1.71 bits per heavy atom. The molecule has 0 unspecified atom stereocenters. The summed E-state index contributed by atoms with van der Waals surface area (Å²) in [7, 11) is 0. The number of hydrogen-bond donors (Lipinski definition) is 0. The number of benzene rings is 1. The molecule has 0 amide bonds. The van der Waals surface area contributed by atoms with Crippen molar-refractivity contribution in [3.05, 3.63) is 30.3 Å². The standard InChI is InChI=1S/C10H14O2.BrH.Mg/c1-2-11-8-9-12-10-6-4-3-5-7-10;;/h3-7H,2,8-9H2,1H3;1H;/q;;+2/p-1. The predicted octanol–water partition coefficient (Wildman–Crippen LogP) is -1.27. The first-order valence-corrected chi connectivity index (χ1v) is 4.19. The molecule has 1 aromatic rings. The van der Waals surface area contributed by atoms with Gasteiger partial charge in [0.05, 0.1) is 6.61 Å². The fourth-order valence-corrected chi connectivity index (χ4v) is 0.880. The maximum Gasteiger partial charge on any atom is 2.00 e. The van der Waals surface area contributed by atoms with Crippen molar-refractivity contribution in [2.75, 3.05) is 19.8 Å². The summed E-state index contributed by atoms with van der Waals surface area (Å²) in [6.45, 7) is 4.00. The molecule has 74 valence electrons. The minimum Gasteiger partial charge on any atom is -1.00 e. The Bertz CT molecular complexity index is 207. The van der Waals surface area contributed by atoms with E-state index in [0.717, 1.165) is 12.4 Å². The molecule has 4 heteroatoms. The first-order chi connectivity index (χ1) is 5.93. The van der Waals surface area contributed by atoms with Crippen molar-refractivity contribution in [3.8, 4) is 5.75 Å². The summed E-state index contributed by atoms with van der Waals surface area (Å²) < 4.78 is 10.5. The molecule has 0 atom stereocenters. The molecule has 0 fully saturated rings. The van der Waals surface area contributed by atoms with Crippen LogP contribution in [0.25, 0.3) is 0 Å². The molecule has 0 aromatic heterocycles. The van der Waals surface area contributed by atoms with Crippen LogP contribution in [0.15, 0.2) is 30.3 Å². The first-order valence-electron chi connectivity index (χ1n) is 4.19. The zero-order valence-electron chi connectivity index (χ0n) is 8.41. The molecular formula is C10H14BrMgO2+. The molecule has 0 spiro atoms. The summed E-state index contributed by atoms with van der Waals surface area (Å²) in [4.78, 5) is 0. The van der Waals surface area contributed by atoms with Gasteiger partial charge in [0.25, 0.3) is 0 Å². The molecule has 1 rings (SSSR count). The molecule has 0 heterocycles. The van der Waals surface area contributed by atoms with E-state index in [1.807, 2.05) is 37.3 Å². The van der Waals surface area contributed by atoms with Gasteiger partial charge in [0.15, 0.2) is 0 Å². The molecule has 0 aliphatic carbocycles. The van der Waals surface area contributed by atoms with Crippen molar-refractivity contribution in [3.63, 3.8) is 0 Å². The normalized spacial score (nSPS) is 8.36. The van der Waals surface area contributed by atoms with Gasteiger partial charge in [-0.3, -0.25) is 0 Å². The van der Waals surface area contributed by atoms with E-state index in [4.69, 9.17) is 9.47 Å². The van der Waals surface area contributed by atoms with E-state index in [0.29, 0.717) is 13.2 Å². The topological polar surface area (TPSA) is 18.5 Å². The van der Waals surface area contributed by atoms with Crippen LogP contribution >= 0.6 is 0 Å².